The van der Waals surface area contributed by atoms with Gasteiger partial charge in [0.15, 0.2) is 0 Å². The molecule has 2 heterocycles. The monoisotopic (exact) mass is 352 g/mol. The molecule has 1 aliphatic rings. The molecule has 1 amide bonds. The number of carbonyl (C=O) groups excluding carboxylic acids is 1. The van der Waals surface area contributed by atoms with Crippen LogP contribution in [0.15, 0.2) is 17.5 Å². The molecular formula is C19H32N2O2S. The second kappa shape index (κ2) is 8.86. The summed E-state index contributed by atoms with van der Waals surface area (Å²) in [6, 6.07) is 4.83. The zero-order chi connectivity index (χ0) is 17.6. The molecule has 0 saturated carbocycles. The Balaban J connectivity index is 1.75. The Hall–Kier alpha value is -1.07. The third kappa shape index (κ3) is 6.10. The number of nitrogens with zero attached hydrogens (tertiary/aromatic N) is 1. The van der Waals surface area contributed by atoms with Crippen LogP contribution in [-0.4, -0.2) is 36.2 Å². The lowest BCUT2D eigenvalue weighted by Gasteiger charge is -2.34. The molecule has 1 aromatic heterocycles. The van der Waals surface area contributed by atoms with Gasteiger partial charge in [0.1, 0.15) is 5.60 Å². The van der Waals surface area contributed by atoms with Crippen molar-refractivity contribution in [1.82, 2.24) is 10.2 Å². The Morgan fingerprint density at radius 3 is 2.67 bits per heavy atom. The van der Waals surface area contributed by atoms with E-state index in [9.17, 15) is 4.79 Å². The Morgan fingerprint density at radius 1 is 1.42 bits per heavy atom. The molecule has 1 fully saturated rings. The van der Waals surface area contributed by atoms with E-state index in [0.29, 0.717) is 12.0 Å². The first-order valence-corrected chi connectivity index (χ1v) is 10.0. The zero-order valence-electron chi connectivity index (χ0n) is 15.5. The summed E-state index contributed by atoms with van der Waals surface area (Å²) in [7, 11) is 0. The van der Waals surface area contributed by atoms with Gasteiger partial charge in [-0.05, 0) is 63.9 Å². The van der Waals surface area contributed by atoms with Gasteiger partial charge < -0.3 is 15.0 Å². The first kappa shape index (κ1) is 19.3. The van der Waals surface area contributed by atoms with E-state index in [1.807, 2.05) is 37.0 Å². The van der Waals surface area contributed by atoms with Crippen molar-refractivity contribution in [1.29, 1.82) is 0 Å². The Morgan fingerprint density at radius 2 is 2.12 bits per heavy atom. The predicted molar refractivity (Wildman–Crippen MR) is 101 cm³/mol. The van der Waals surface area contributed by atoms with Gasteiger partial charge in [0.2, 0.25) is 0 Å². The van der Waals surface area contributed by atoms with E-state index in [1.54, 1.807) is 0 Å². The number of carbonyl (C=O) groups is 1. The van der Waals surface area contributed by atoms with Crippen molar-refractivity contribution < 1.29 is 9.53 Å². The van der Waals surface area contributed by atoms with E-state index >= 15 is 0 Å². The van der Waals surface area contributed by atoms with Gasteiger partial charge >= 0.3 is 6.09 Å². The van der Waals surface area contributed by atoms with Crippen LogP contribution in [0.3, 0.4) is 0 Å². The summed E-state index contributed by atoms with van der Waals surface area (Å²) in [6.07, 6.45) is 4.30. The van der Waals surface area contributed by atoms with Crippen molar-refractivity contribution in [3.05, 3.63) is 22.4 Å². The van der Waals surface area contributed by atoms with Crippen LogP contribution in [0, 0.1) is 5.92 Å². The summed E-state index contributed by atoms with van der Waals surface area (Å²) in [5.41, 5.74) is -0.413. The molecule has 2 rings (SSSR count). The number of nitrogens with one attached hydrogen (secondary N) is 1. The Bertz CT molecular complexity index is 488. The minimum atomic E-state index is -0.413. The molecule has 0 aliphatic carbocycles. The maximum Gasteiger partial charge on any atom is 0.410 e. The summed E-state index contributed by atoms with van der Waals surface area (Å²) in [4.78, 5) is 15.4. The highest BCUT2D eigenvalue weighted by molar-refractivity contribution is 7.10. The lowest BCUT2D eigenvalue weighted by Crippen LogP contribution is -2.43. The van der Waals surface area contributed by atoms with Crippen molar-refractivity contribution >= 4 is 17.4 Å². The van der Waals surface area contributed by atoms with Gasteiger partial charge in [0, 0.05) is 24.0 Å². The SMILES string of the molecule is CCCC(NCC1CCN(C(=O)OC(C)(C)C)CC1)c1cccs1. The summed E-state index contributed by atoms with van der Waals surface area (Å²) >= 11 is 1.84. The number of rotatable bonds is 6. The molecule has 136 valence electrons. The number of hydrogen-bond donors (Lipinski definition) is 1. The Kier molecular flexibility index (Phi) is 7.11. The molecule has 0 bridgehead atoms. The molecular weight excluding hydrogens is 320 g/mol. The third-order valence-electron chi connectivity index (χ3n) is 4.38. The van der Waals surface area contributed by atoms with E-state index in [0.717, 1.165) is 32.5 Å². The standard InChI is InChI=1S/C19H32N2O2S/c1-5-7-16(17-8-6-13-24-17)20-14-15-9-11-21(12-10-15)18(22)23-19(2,3)4/h6,8,13,15-16,20H,5,7,9-12,14H2,1-4H3. The highest BCUT2D eigenvalue weighted by Gasteiger charge is 2.27. The summed E-state index contributed by atoms with van der Waals surface area (Å²) in [5.74, 6) is 0.642. The van der Waals surface area contributed by atoms with Gasteiger partial charge in [-0.1, -0.05) is 19.4 Å². The first-order valence-electron chi connectivity index (χ1n) is 9.13. The number of likely N-dealkylation sites (tertiary alicyclic amines) is 1. The van der Waals surface area contributed by atoms with Gasteiger partial charge in [-0.15, -0.1) is 11.3 Å². The molecule has 1 aliphatic heterocycles. The highest BCUT2D eigenvalue weighted by atomic mass is 32.1. The van der Waals surface area contributed by atoms with Crippen LogP contribution in [0.1, 0.15) is 64.3 Å². The maximum atomic E-state index is 12.1. The number of ether oxygens (including phenoxy) is 1. The topological polar surface area (TPSA) is 41.6 Å². The second-order valence-electron chi connectivity index (χ2n) is 7.68. The fourth-order valence-electron chi connectivity index (χ4n) is 3.08. The van der Waals surface area contributed by atoms with Gasteiger partial charge in [-0.25, -0.2) is 4.79 Å². The molecule has 24 heavy (non-hydrogen) atoms. The maximum absolute atomic E-state index is 12.1. The zero-order valence-corrected chi connectivity index (χ0v) is 16.3. The van der Waals surface area contributed by atoms with Crippen LogP contribution < -0.4 is 5.32 Å². The highest BCUT2D eigenvalue weighted by Crippen LogP contribution is 2.25. The van der Waals surface area contributed by atoms with Crippen LogP contribution in [-0.2, 0) is 4.74 Å². The molecule has 0 aromatic carbocycles. The van der Waals surface area contributed by atoms with Crippen LogP contribution in [0.25, 0.3) is 0 Å². The summed E-state index contributed by atoms with van der Waals surface area (Å²) in [6.45, 7) is 10.6. The first-order chi connectivity index (χ1) is 11.4. The molecule has 4 nitrogen and oxygen atoms in total. The molecule has 1 aromatic rings. The van der Waals surface area contributed by atoms with Crippen molar-refractivity contribution in [2.75, 3.05) is 19.6 Å². The van der Waals surface area contributed by atoms with E-state index < -0.39 is 5.60 Å². The normalized spacial score (nSPS) is 17.8. The van der Waals surface area contributed by atoms with Crippen molar-refractivity contribution in [3.63, 3.8) is 0 Å². The third-order valence-corrected chi connectivity index (χ3v) is 5.37. The van der Waals surface area contributed by atoms with E-state index in [4.69, 9.17) is 4.74 Å². The van der Waals surface area contributed by atoms with Crippen LogP contribution in [0.2, 0.25) is 0 Å². The van der Waals surface area contributed by atoms with Crippen molar-refractivity contribution in [3.8, 4) is 0 Å². The molecule has 5 heteroatoms. The number of thiophene rings is 1. The molecule has 1 atom stereocenters. The van der Waals surface area contributed by atoms with E-state index in [-0.39, 0.29) is 6.09 Å². The van der Waals surface area contributed by atoms with Crippen molar-refractivity contribution in [2.24, 2.45) is 5.92 Å². The second-order valence-corrected chi connectivity index (χ2v) is 8.65. The number of hydrogen-bond acceptors (Lipinski definition) is 4. The van der Waals surface area contributed by atoms with E-state index in [2.05, 4.69) is 29.8 Å². The molecule has 0 spiro atoms. The smallest absolute Gasteiger partial charge is 0.410 e. The predicted octanol–water partition coefficient (Wildman–Crippen LogP) is 4.83. The van der Waals surface area contributed by atoms with Gasteiger partial charge in [0.25, 0.3) is 0 Å². The van der Waals surface area contributed by atoms with Crippen LogP contribution >= 0.6 is 11.3 Å². The van der Waals surface area contributed by atoms with Crippen molar-refractivity contribution in [2.45, 2.75) is 65.0 Å². The van der Waals surface area contributed by atoms with Crippen LogP contribution in [0.5, 0.6) is 0 Å². The lowest BCUT2D eigenvalue weighted by molar-refractivity contribution is 0.0183. The average Bonchev–Trinajstić information content (AvgIpc) is 3.04. The average molecular weight is 353 g/mol. The van der Waals surface area contributed by atoms with Crippen LogP contribution in [0.4, 0.5) is 4.79 Å². The molecule has 1 saturated heterocycles. The summed E-state index contributed by atoms with van der Waals surface area (Å²) in [5, 5.41) is 5.90. The molecule has 1 unspecified atom stereocenters. The lowest BCUT2D eigenvalue weighted by atomic mass is 9.96. The largest absolute Gasteiger partial charge is 0.444 e. The van der Waals surface area contributed by atoms with Gasteiger partial charge in [0.05, 0.1) is 0 Å². The van der Waals surface area contributed by atoms with Gasteiger partial charge in [-0.3, -0.25) is 0 Å². The molecule has 0 radical (unpaired) electrons. The van der Waals surface area contributed by atoms with E-state index in [1.165, 1.54) is 17.7 Å². The summed E-state index contributed by atoms with van der Waals surface area (Å²) < 4.78 is 5.46. The number of amides is 1. The van der Waals surface area contributed by atoms with Gasteiger partial charge in [-0.2, -0.15) is 0 Å². The Labute approximate surface area is 150 Å². The minimum Gasteiger partial charge on any atom is -0.444 e. The fraction of sp³-hybridized carbons (Fsp3) is 0.737. The quantitative estimate of drug-likeness (QED) is 0.797. The fourth-order valence-corrected chi connectivity index (χ4v) is 3.92. The minimum absolute atomic E-state index is 0.170. The molecule has 1 N–H and O–H groups in total. The number of piperidine rings is 1.